The van der Waals surface area contributed by atoms with E-state index in [2.05, 4.69) is 35.1 Å². The van der Waals surface area contributed by atoms with Crippen molar-refractivity contribution in [3.05, 3.63) is 51.5 Å². The summed E-state index contributed by atoms with van der Waals surface area (Å²) in [5.74, 6) is 0. The fraction of sp³-hybridized carbons (Fsp3) is 0.263. The number of fused-ring (bicyclic) bond motifs is 2. The first-order valence-electron chi connectivity index (χ1n) is 7.94. The van der Waals surface area contributed by atoms with Crippen LogP contribution in [0.25, 0.3) is 10.9 Å². The van der Waals surface area contributed by atoms with Crippen molar-refractivity contribution in [1.82, 2.24) is 4.98 Å². The predicted octanol–water partition coefficient (Wildman–Crippen LogP) is 5.04. The fourth-order valence-electron chi connectivity index (χ4n) is 3.35. The van der Waals surface area contributed by atoms with Gasteiger partial charge in [-0.25, -0.2) is 4.99 Å². The number of aliphatic imine (C=N–C) groups is 1. The summed E-state index contributed by atoms with van der Waals surface area (Å²) in [6, 6.07) is 10.6. The Morgan fingerprint density at radius 3 is 2.96 bits per heavy atom. The molecule has 0 saturated heterocycles. The molecule has 0 atom stereocenters. The third-order valence-corrected chi connectivity index (χ3v) is 5.72. The van der Waals surface area contributed by atoms with E-state index in [-0.39, 0.29) is 0 Å². The summed E-state index contributed by atoms with van der Waals surface area (Å²) >= 11 is 1.69. The normalized spacial score (nSPS) is 14.3. The van der Waals surface area contributed by atoms with Gasteiger partial charge in [0.25, 0.3) is 0 Å². The number of hydrogen-bond donors (Lipinski definition) is 1. The van der Waals surface area contributed by atoms with Crippen LogP contribution in [0.2, 0.25) is 0 Å². The number of aryl methyl sites for hydroxylation is 2. The lowest BCUT2D eigenvalue weighted by Crippen LogP contribution is -1.99. The molecule has 2 heterocycles. The molecular weight excluding hydrogens is 302 g/mol. The van der Waals surface area contributed by atoms with Crippen LogP contribution in [0.4, 0.5) is 5.00 Å². The van der Waals surface area contributed by atoms with Crippen LogP contribution >= 0.6 is 11.3 Å². The molecule has 1 N–H and O–H groups in total. The van der Waals surface area contributed by atoms with E-state index >= 15 is 0 Å². The number of hydrogen-bond acceptors (Lipinski definition) is 3. The topological polar surface area (TPSA) is 51.9 Å². The summed E-state index contributed by atoms with van der Waals surface area (Å²) in [6.45, 7) is 2.06. The van der Waals surface area contributed by atoms with Crippen molar-refractivity contribution in [2.24, 2.45) is 4.99 Å². The summed E-state index contributed by atoms with van der Waals surface area (Å²) in [7, 11) is 0. The minimum Gasteiger partial charge on any atom is -0.358 e. The number of H-pyrrole nitrogens is 1. The van der Waals surface area contributed by atoms with Crippen molar-refractivity contribution in [2.75, 3.05) is 0 Å². The number of rotatable bonds is 2. The van der Waals surface area contributed by atoms with Crippen molar-refractivity contribution < 1.29 is 0 Å². The molecule has 0 unspecified atom stereocenters. The van der Waals surface area contributed by atoms with Gasteiger partial charge >= 0.3 is 0 Å². The summed E-state index contributed by atoms with van der Waals surface area (Å²) in [6.07, 6.45) is 6.44. The lowest BCUT2D eigenvalue weighted by molar-refractivity contribution is 0.696. The average molecular weight is 319 g/mol. The zero-order chi connectivity index (χ0) is 15.8. The Labute approximate surface area is 139 Å². The number of nitrogens with one attached hydrogen (secondary N) is 1. The number of nitrogens with zero attached hydrogens (tertiary/aromatic N) is 2. The highest BCUT2D eigenvalue weighted by Gasteiger charge is 2.20. The summed E-state index contributed by atoms with van der Waals surface area (Å²) in [4.78, 5) is 9.43. The molecule has 2 aromatic heterocycles. The van der Waals surface area contributed by atoms with E-state index in [0.717, 1.165) is 40.2 Å². The second-order valence-corrected chi connectivity index (χ2v) is 7.05. The molecule has 114 valence electrons. The fourth-order valence-corrected chi connectivity index (χ4v) is 4.53. The molecular formula is C19H17N3S. The largest absolute Gasteiger partial charge is 0.358 e. The third kappa shape index (κ3) is 2.38. The van der Waals surface area contributed by atoms with Crippen LogP contribution in [0.3, 0.4) is 0 Å². The molecule has 4 heteroatoms. The van der Waals surface area contributed by atoms with Gasteiger partial charge in [-0.3, -0.25) is 0 Å². The van der Waals surface area contributed by atoms with Gasteiger partial charge in [0.05, 0.1) is 5.56 Å². The lowest BCUT2D eigenvalue weighted by Gasteiger charge is -2.09. The van der Waals surface area contributed by atoms with E-state index in [4.69, 9.17) is 0 Å². The molecule has 23 heavy (non-hydrogen) atoms. The maximum absolute atomic E-state index is 9.52. The number of aromatic amines is 1. The first-order valence-corrected chi connectivity index (χ1v) is 8.75. The van der Waals surface area contributed by atoms with Gasteiger partial charge in [-0.1, -0.05) is 18.2 Å². The number of para-hydroxylation sites is 1. The van der Waals surface area contributed by atoms with Crippen LogP contribution in [0, 0.1) is 18.3 Å². The zero-order valence-corrected chi connectivity index (χ0v) is 13.8. The van der Waals surface area contributed by atoms with E-state index in [9.17, 15) is 5.26 Å². The number of nitriles is 1. The van der Waals surface area contributed by atoms with Crippen molar-refractivity contribution in [2.45, 2.75) is 32.6 Å². The van der Waals surface area contributed by atoms with Gasteiger partial charge in [0.15, 0.2) is 0 Å². The molecule has 0 spiro atoms. The lowest BCUT2D eigenvalue weighted by atomic mass is 9.96. The molecule has 0 bridgehead atoms. The summed E-state index contributed by atoms with van der Waals surface area (Å²) in [5, 5.41) is 11.6. The van der Waals surface area contributed by atoms with E-state index in [1.807, 2.05) is 18.3 Å². The maximum Gasteiger partial charge on any atom is 0.134 e. The van der Waals surface area contributed by atoms with Crippen LogP contribution < -0.4 is 0 Å². The highest BCUT2D eigenvalue weighted by atomic mass is 32.1. The van der Waals surface area contributed by atoms with Crippen molar-refractivity contribution in [1.29, 1.82) is 5.26 Å². The Balaban J connectivity index is 1.78. The third-order valence-electron chi connectivity index (χ3n) is 4.52. The van der Waals surface area contributed by atoms with Crippen LogP contribution in [-0.4, -0.2) is 11.2 Å². The Bertz CT molecular complexity index is 953. The van der Waals surface area contributed by atoms with Crippen molar-refractivity contribution in [3.8, 4) is 6.07 Å². The number of aromatic nitrogens is 1. The van der Waals surface area contributed by atoms with Crippen LogP contribution in [0.5, 0.6) is 0 Å². The predicted molar refractivity (Wildman–Crippen MR) is 96.0 cm³/mol. The van der Waals surface area contributed by atoms with Gasteiger partial charge in [0.2, 0.25) is 0 Å². The minimum atomic E-state index is 0.790. The van der Waals surface area contributed by atoms with Gasteiger partial charge in [0, 0.05) is 33.3 Å². The monoisotopic (exact) mass is 319 g/mol. The molecule has 1 aliphatic carbocycles. The van der Waals surface area contributed by atoms with Crippen molar-refractivity contribution in [3.63, 3.8) is 0 Å². The van der Waals surface area contributed by atoms with Gasteiger partial charge in [-0.15, -0.1) is 11.3 Å². The molecule has 1 aromatic carbocycles. The molecule has 0 saturated carbocycles. The van der Waals surface area contributed by atoms with Crippen LogP contribution in [-0.2, 0) is 12.8 Å². The molecule has 0 radical (unpaired) electrons. The minimum absolute atomic E-state index is 0.790. The van der Waals surface area contributed by atoms with Crippen LogP contribution in [0.1, 0.15) is 40.1 Å². The van der Waals surface area contributed by atoms with E-state index in [1.165, 1.54) is 28.7 Å². The van der Waals surface area contributed by atoms with E-state index < -0.39 is 0 Å². The molecule has 3 nitrogen and oxygen atoms in total. The highest BCUT2D eigenvalue weighted by molar-refractivity contribution is 7.16. The molecule has 4 rings (SSSR count). The smallest absolute Gasteiger partial charge is 0.134 e. The number of thiophene rings is 1. The van der Waals surface area contributed by atoms with Gasteiger partial charge in [-0.05, 0) is 44.2 Å². The molecule has 0 fully saturated rings. The second kappa shape index (κ2) is 5.68. The van der Waals surface area contributed by atoms with Crippen LogP contribution in [0.15, 0.2) is 29.3 Å². The maximum atomic E-state index is 9.52. The molecule has 0 aliphatic heterocycles. The zero-order valence-electron chi connectivity index (χ0n) is 13.0. The Hall–Kier alpha value is -2.38. The molecule has 3 aromatic rings. The Morgan fingerprint density at radius 1 is 1.26 bits per heavy atom. The van der Waals surface area contributed by atoms with Crippen molar-refractivity contribution >= 4 is 33.5 Å². The van der Waals surface area contributed by atoms with Gasteiger partial charge < -0.3 is 4.98 Å². The standard InChI is InChI=1S/C19H17N3S/c1-12-16(13-6-2-4-8-17(13)22-12)11-21-19-15(10-20)14-7-3-5-9-18(14)23-19/h2,4,6,8,11,22H,3,5,7,9H2,1H3. The second-order valence-electron chi connectivity index (χ2n) is 5.97. The van der Waals surface area contributed by atoms with E-state index in [1.54, 1.807) is 11.3 Å². The molecule has 1 aliphatic rings. The first kappa shape index (κ1) is 14.2. The first-order chi connectivity index (χ1) is 11.3. The summed E-state index contributed by atoms with van der Waals surface area (Å²) < 4.78 is 0. The average Bonchev–Trinajstić information content (AvgIpc) is 3.09. The quantitative estimate of drug-likeness (QED) is 0.661. The van der Waals surface area contributed by atoms with Gasteiger partial charge in [-0.2, -0.15) is 5.26 Å². The summed E-state index contributed by atoms with van der Waals surface area (Å²) in [5.41, 5.74) is 5.37. The number of benzene rings is 1. The Kier molecular flexibility index (Phi) is 3.51. The highest BCUT2D eigenvalue weighted by Crippen LogP contribution is 2.39. The SMILES string of the molecule is Cc1[nH]c2ccccc2c1C=Nc1sc2c(c1C#N)CCCC2. The Morgan fingerprint density at radius 2 is 2.09 bits per heavy atom. The van der Waals surface area contributed by atoms with E-state index in [0.29, 0.717) is 0 Å². The van der Waals surface area contributed by atoms with Gasteiger partial charge in [0.1, 0.15) is 11.1 Å². The molecule has 0 amide bonds.